The van der Waals surface area contributed by atoms with Gasteiger partial charge in [0.05, 0.1) is 5.02 Å². The van der Waals surface area contributed by atoms with Gasteiger partial charge in [-0.25, -0.2) is 0 Å². The first-order chi connectivity index (χ1) is 12.0. The highest BCUT2D eigenvalue weighted by Crippen LogP contribution is 2.27. The number of halogens is 2. The Bertz CT molecular complexity index is 883. The molecule has 130 valence electrons. The van der Waals surface area contributed by atoms with Gasteiger partial charge in [0.2, 0.25) is 0 Å². The van der Waals surface area contributed by atoms with Gasteiger partial charge in [0, 0.05) is 17.8 Å². The van der Waals surface area contributed by atoms with Crippen LogP contribution in [0.5, 0.6) is 5.75 Å². The maximum atomic E-state index is 6.16. The molecule has 0 bridgehead atoms. The molecule has 0 atom stereocenters. The quantitative estimate of drug-likeness (QED) is 0.532. The van der Waals surface area contributed by atoms with Crippen molar-refractivity contribution in [3.05, 3.63) is 69.5 Å². The molecule has 3 aromatic rings. The van der Waals surface area contributed by atoms with Crippen molar-refractivity contribution in [2.24, 2.45) is 7.05 Å². The molecule has 0 aliphatic heterocycles. The normalized spacial score (nSPS) is 10.9. The van der Waals surface area contributed by atoms with E-state index in [4.69, 9.17) is 27.9 Å². The van der Waals surface area contributed by atoms with Crippen molar-refractivity contribution in [1.29, 1.82) is 0 Å². The number of ether oxygens (including phenoxy) is 1. The van der Waals surface area contributed by atoms with E-state index < -0.39 is 0 Å². The Balaban J connectivity index is 1.63. The summed E-state index contributed by atoms with van der Waals surface area (Å²) in [6.45, 7) is 2.31. The van der Waals surface area contributed by atoms with Crippen molar-refractivity contribution < 1.29 is 4.74 Å². The molecule has 7 heteroatoms. The van der Waals surface area contributed by atoms with Gasteiger partial charge >= 0.3 is 0 Å². The van der Waals surface area contributed by atoms with Crippen molar-refractivity contribution in [1.82, 2.24) is 14.8 Å². The summed E-state index contributed by atoms with van der Waals surface area (Å²) < 4.78 is 7.72. The fraction of sp³-hybridized carbons (Fsp3) is 0.222. The molecule has 25 heavy (non-hydrogen) atoms. The molecule has 0 unspecified atom stereocenters. The first-order valence-corrected chi connectivity index (χ1v) is 9.41. The lowest BCUT2D eigenvalue weighted by Gasteiger charge is -2.09. The predicted octanol–water partition coefficient (Wildman–Crippen LogP) is 5.30. The van der Waals surface area contributed by atoms with Crippen LogP contribution < -0.4 is 4.74 Å². The maximum absolute atomic E-state index is 6.16. The van der Waals surface area contributed by atoms with E-state index in [0.29, 0.717) is 17.4 Å². The third-order valence-corrected chi connectivity index (χ3v) is 5.26. The van der Waals surface area contributed by atoms with Crippen LogP contribution in [0.15, 0.2) is 47.6 Å². The number of nitrogens with zero attached hydrogens (tertiary/aromatic N) is 3. The van der Waals surface area contributed by atoms with Gasteiger partial charge in [-0.2, -0.15) is 0 Å². The number of hydrogen-bond acceptors (Lipinski definition) is 4. The zero-order chi connectivity index (χ0) is 17.8. The molecule has 0 spiro atoms. The van der Waals surface area contributed by atoms with Crippen LogP contribution >= 0.6 is 35.0 Å². The summed E-state index contributed by atoms with van der Waals surface area (Å²) >= 11 is 13.8. The number of thioether (sulfide) groups is 1. The van der Waals surface area contributed by atoms with Gasteiger partial charge in [0.1, 0.15) is 12.4 Å². The third-order valence-electron chi connectivity index (χ3n) is 3.63. The summed E-state index contributed by atoms with van der Waals surface area (Å²) in [5.41, 5.74) is 2.24. The third kappa shape index (κ3) is 4.69. The molecule has 4 nitrogen and oxygen atoms in total. The van der Waals surface area contributed by atoms with Crippen molar-refractivity contribution in [3.8, 4) is 5.75 Å². The minimum Gasteiger partial charge on any atom is -0.484 e. The molecule has 0 fully saturated rings. The number of aryl methyl sites for hydroxylation is 1. The molecule has 1 heterocycles. The monoisotopic (exact) mass is 393 g/mol. The van der Waals surface area contributed by atoms with Gasteiger partial charge in [-0.1, -0.05) is 53.2 Å². The molecule has 0 amide bonds. The largest absolute Gasteiger partial charge is 0.484 e. The van der Waals surface area contributed by atoms with E-state index in [-0.39, 0.29) is 0 Å². The van der Waals surface area contributed by atoms with E-state index in [2.05, 4.69) is 10.2 Å². The summed E-state index contributed by atoms with van der Waals surface area (Å²) in [5.74, 6) is 2.17. The average molecular weight is 394 g/mol. The summed E-state index contributed by atoms with van der Waals surface area (Å²) in [4.78, 5) is 0. The van der Waals surface area contributed by atoms with Gasteiger partial charge < -0.3 is 9.30 Å². The standard InChI is InChI=1S/C18H17Cl2N3OS/c1-12-6-7-15(20)16(8-12)24-10-17-21-22-18(23(17)2)25-11-13-4-3-5-14(19)9-13/h3-9H,10-11H2,1-2H3. The van der Waals surface area contributed by atoms with Crippen LogP contribution in [-0.2, 0) is 19.4 Å². The fourth-order valence-corrected chi connectivity index (χ4v) is 3.49. The average Bonchev–Trinajstić information content (AvgIpc) is 2.94. The van der Waals surface area contributed by atoms with Crippen LogP contribution in [0.25, 0.3) is 0 Å². The molecule has 2 aromatic carbocycles. The van der Waals surface area contributed by atoms with Crippen LogP contribution in [0.1, 0.15) is 17.0 Å². The highest BCUT2D eigenvalue weighted by molar-refractivity contribution is 7.98. The van der Waals surface area contributed by atoms with E-state index in [1.807, 2.05) is 61.0 Å². The van der Waals surface area contributed by atoms with Gasteiger partial charge in [-0.05, 0) is 42.3 Å². The van der Waals surface area contributed by atoms with Crippen LogP contribution in [0.3, 0.4) is 0 Å². The second kappa shape index (κ2) is 8.13. The molecule has 0 saturated heterocycles. The van der Waals surface area contributed by atoms with E-state index in [9.17, 15) is 0 Å². The first-order valence-electron chi connectivity index (χ1n) is 7.67. The summed E-state index contributed by atoms with van der Waals surface area (Å²) in [6, 6.07) is 13.5. The lowest BCUT2D eigenvalue weighted by molar-refractivity contribution is 0.290. The van der Waals surface area contributed by atoms with E-state index >= 15 is 0 Å². The molecule has 0 aliphatic rings. The van der Waals surface area contributed by atoms with Crippen molar-refractivity contribution in [2.75, 3.05) is 0 Å². The Morgan fingerprint density at radius 1 is 1.12 bits per heavy atom. The van der Waals surface area contributed by atoms with Gasteiger partial charge in [-0.15, -0.1) is 10.2 Å². The van der Waals surface area contributed by atoms with E-state index in [1.165, 1.54) is 0 Å². The summed E-state index contributed by atoms with van der Waals surface area (Å²) in [7, 11) is 1.93. The smallest absolute Gasteiger partial charge is 0.191 e. The molecule has 3 rings (SSSR count). The van der Waals surface area contributed by atoms with Crippen LogP contribution in [0.4, 0.5) is 0 Å². The highest BCUT2D eigenvalue weighted by Gasteiger charge is 2.11. The Morgan fingerprint density at radius 3 is 2.76 bits per heavy atom. The number of aromatic nitrogens is 3. The zero-order valence-corrected chi connectivity index (χ0v) is 16.2. The lowest BCUT2D eigenvalue weighted by atomic mass is 10.2. The summed E-state index contributed by atoms with van der Waals surface area (Å²) in [6.07, 6.45) is 0. The minimum atomic E-state index is 0.310. The van der Waals surface area contributed by atoms with E-state index in [0.717, 1.165) is 32.9 Å². The molecule has 1 aromatic heterocycles. The highest BCUT2D eigenvalue weighted by atomic mass is 35.5. The number of rotatable bonds is 6. The van der Waals surface area contributed by atoms with Gasteiger partial charge in [0.25, 0.3) is 0 Å². The number of benzene rings is 2. The second-order valence-electron chi connectivity index (χ2n) is 5.60. The molecule has 0 N–H and O–H groups in total. The molecule has 0 radical (unpaired) electrons. The van der Waals surface area contributed by atoms with Crippen molar-refractivity contribution in [3.63, 3.8) is 0 Å². The van der Waals surface area contributed by atoms with E-state index in [1.54, 1.807) is 11.8 Å². The Morgan fingerprint density at radius 2 is 1.96 bits per heavy atom. The van der Waals surface area contributed by atoms with Gasteiger partial charge in [0.15, 0.2) is 11.0 Å². The van der Waals surface area contributed by atoms with Crippen molar-refractivity contribution in [2.45, 2.75) is 24.4 Å². The molecule has 0 saturated carbocycles. The first kappa shape index (κ1) is 18.1. The molecular weight excluding hydrogens is 377 g/mol. The van der Waals surface area contributed by atoms with Crippen molar-refractivity contribution >= 4 is 35.0 Å². The summed E-state index contributed by atoms with van der Waals surface area (Å²) in [5, 5.41) is 10.6. The van der Waals surface area contributed by atoms with Crippen LogP contribution in [0, 0.1) is 6.92 Å². The zero-order valence-electron chi connectivity index (χ0n) is 13.9. The lowest BCUT2D eigenvalue weighted by Crippen LogP contribution is -2.04. The Hall–Kier alpha value is -1.69. The second-order valence-corrected chi connectivity index (χ2v) is 7.39. The molecule has 0 aliphatic carbocycles. The fourth-order valence-electron chi connectivity index (χ4n) is 2.23. The Labute approximate surface area is 161 Å². The topological polar surface area (TPSA) is 39.9 Å². The number of hydrogen-bond donors (Lipinski definition) is 0. The minimum absolute atomic E-state index is 0.310. The van der Waals surface area contributed by atoms with Crippen LogP contribution in [-0.4, -0.2) is 14.8 Å². The Kier molecular flexibility index (Phi) is 5.89. The van der Waals surface area contributed by atoms with Crippen LogP contribution in [0.2, 0.25) is 10.0 Å². The van der Waals surface area contributed by atoms with Gasteiger partial charge in [-0.3, -0.25) is 0 Å². The predicted molar refractivity (Wildman–Crippen MR) is 103 cm³/mol. The molecular formula is C18H17Cl2N3OS. The maximum Gasteiger partial charge on any atom is 0.191 e. The SMILES string of the molecule is Cc1ccc(Cl)c(OCc2nnc(SCc3cccc(Cl)c3)n2C)c1.